The van der Waals surface area contributed by atoms with E-state index in [2.05, 4.69) is 15.5 Å². The first-order chi connectivity index (χ1) is 15.3. The molecule has 3 atom stereocenters. The number of benzene rings is 1. The van der Waals surface area contributed by atoms with Crippen LogP contribution in [-0.4, -0.2) is 45.5 Å². The fourth-order valence-corrected chi connectivity index (χ4v) is 5.57. The van der Waals surface area contributed by atoms with Crippen LogP contribution < -0.4 is 11.1 Å². The van der Waals surface area contributed by atoms with Crippen LogP contribution in [-0.2, 0) is 0 Å². The Morgan fingerprint density at radius 2 is 2.09 bits per heavy atom. The maximum atomic E-state index is 13.6. The first kappa shape index (κ1) is 20.7. The highest BCUT2D eigenvalue weighted by Crippen LogP contribution is 2.49. The largest absolute Gasteiger partial charge is 0.375 e. The molecule has 3 aromatic rings. The molecule has 2 aliphatic rings. The molecule has 166 valence electrons. The van der Waals surface area contributed by atoms with Gasteiger partial charge in [-0.3, -0.25) is 9.59 Å². The summed E-state index contributed by atoms with van der Waals surface area (Å²) in [6, 6.07) is 8.12. The van der Waals surface area contributed by atoms with Crippen LogP contribution >= 0.6 is 11.3 Å². The number of carbonyl (C=O) groups excluding carboxylic acids is 2. The molecule has 0 radical (unpaired) electrons. The van der Waals surface area contributed by atoms with E-state index < -0.39 is 0 Å². The molecule has 3 N–H and O–H groups in total. The average Bonchev–Trinajstić information content (AvgIpc) is 3.07. The van der Waals surface area contributed by atoms with Gasteiger partial charge in [-0.15, -0.1) is 0 Å². The van der Waals surface area contributed by atoms with Crippen molar-refractivity contribution in [1.82, 2.24) is 20.4 Å². The summed E-state index contributed by atoms with van der Waals surface area (Å²) in [5.74, 6) is 0.630. The van der Waals surface area contributed by atoms with Gasteiger partial charge in [0.05, 0.1) is 16.6 Å². The summed E-state index contributed by atoms with van der Waals surface area (Å²) in [5.41, 5.74) is 9.48. The highest BCUT2D eigenvalue weighted by Gasteiger charge is 2.54. The van der Waals surface area contributed by atoms with Crippen molar-refractivity contribution in [3.63, 3.8) is 0 Å². The Labute approximate surface area is 189 Å². The smallest absolute Gasteiger partial charge is 0.274 e. The number of aryl methyl sites for hydroxylation is 3. The zero-order valence-corrected chi connectivity index (χ0v) is 19.0. The van der Waals surface area contributed by atoms with Gasteiger partial charge in [-0.1, -0.05) is 46.3 Å². The monoisotopic (exact) mass is 451 g/mol. The van der Waals surface area contributed by atoms with Gasteiger partial charge < -0.3 is 20.5 Å². The zero-order valence-electron chi connectivity index (χ0n) is 18.2. The van der Waals surface area contributed by atoms with Crippen molar-refractivity contribution < 1.29 is 14.1 Å². The molecule has 1 aliphatic heterocycles. The SMILES string of the molecule is Cc1cccc(-c2sc(N)nc2C(=O)N2C3CC3C[C@H]2CNC(=O)c2c(C)noc2C)c1. The molecule has 1 aliphatic carbocycles. The van der Waals surface area contributed by atoms with Crippen LogP contribution in [0.2, 0.25) is 0 Å². The Balaban J connectivity index is 1.37. The number of nitrogens with zero attached hydrogens (tertiary/aromatic N) is 3. The van der Waals surface area contributed by atoms with Crippen LogP contribution in [0.1, 0.15) is 50.7 Å². The number of aromatic nitrogens is 2. The number of carbonyl (C=O) groups is 2. The first-order valence-corrected chi connectivity index (χ1v) is 11.5. The summed E-state index contributed by atoms with van der Waals surface area (Å²) in [7, 11) is 0. The molecule has 0 spiro atoms. The van der Waals surface area contributed by atoms with Crippen molar-refractivity contribution in [3.8, 4) is 10.4 Å². The van der Waals surface area contributed by atoms with Crippen LogP contribution in [0.4, 0.5) is 5.13 Å². The standard InChI is InChI=1S/C23H25N5O3S/c1-11-5-4-6-14(7-11)20-19(26-23(24)32-20)22(30)28-16(8-15-9-17(15)28)10-25-21(29)18-12(2)27-31-13(18)3/h4-7,15-17H,8-10H2,1-3H3,(H2,24,26)(H,25,29)/t15?,16-,17?/m0/s1. The number of likely N-dealkylation sites (tertiary alicyclic amines) is 1. The Morgan fingerprint density at radius 1 is 1.28 bits per heavy atom. The van der Waals surface area contributed by atoms with Crippen molar-refractivity contribution in [2.24, 2.45) is 5.92 Å². The highest BCUT2D eigenvalue weighted by molar-refractivity contribution is 7.19. The molecule has 2 unspecified atom stereocenters. The Morgan fingerprint density at radius 3 is 2.81 bits per heavy atom. The number of nitrogens with two attached hydrogens (primary N) is 1. The number of anilines is 1. The van der Waals surface area contributed by atoms with Crippen LogP contribution in [0.3, 0.4) is 0 Å². The van der Waals surface area contributed by atoms with Gasteiger partial charge in [0.2, 0.25) is 0 Å². The predicted octanol–water partition coefficient (Wildman–Crippen LogP) is 3.34. The molecule has 9 heteroatoms. The number of rotatable bonds is 5. The van der Waals surface area contributed by atoms with Gasteiger partial charge in [-0.25, -0.2) is 4.98 Å². The molecule has 32 heavy (non-hydrogen) atoms. The number of fused-ring (bicyclic) bond motifs is 1. The van der Waals surface area contributed by atoms with E-state index in [0.29, 0.717) is 40.3 Å². The summed E-state index contributed by atoms with van der Waals surface area (Å²) in [6.45, 7) is 5.85. The minimum atomic E-state index is -0.229. The fourth-order valence-electron chi connectivity index (χ4n) is 4.75. The molecule has 5 rings (SSSR count). The molecule has 2 aromatic heterocycles. The maximum absolute atomic E-state index is 13.6. The third kappa shape index (κ3) is 3.56. The van der Waals surface area contributed by atoms with Crippen molar-refractivity contribution in [3.05, 3.63) is 52.5 Å². The van der Waals surface area contributed by atoms with E-state index in [9.17, 15) is 9.59 Å². The number of thiazole rings is 1. The van der Waals surface area contributed by atoms with Crippen molar-refractivity contribution >= 4 is 28.3 Å². The van der Waals surface area contributed by atoms with Gasteiger partial charge >= 0.3 is 0 Å². The first-order valence-electron chi connectivity index (χ1n) is 10.7. The Hall–Kier alpha value is -3.20. The van der Waals surface area contributed by atoms with Gasteiger partial charge in [0.1, 0.15) is 17.0 Å². The third-order valence-electron chi connectivity index (χ3n) is 6.33. The summed E-state index contributed by atoms with van der Waals surface area (Å²) in [5, 5.41) is 7.19. The summed E-state index contributed by atoms with van der Waals surface area (Å²) in [6.07, 6.45) is 1.87. The molecule has 2 amide bonds. The van der Waals surface area contributed by atoms with E-state index >= 15 is 0 Å². The predicted molar refractivity (Wildman–Crippen MR) is 121 cm³/mol. The molecule has 1 saturated heterocycles. The topological polar surface area (TPSA) is 114 Å². The Bertz CT molecular complexity index is 1200. The number of hydrogen-bond acceptors (Lipinski definition) is 7. The molecule has 0 bridgehead atoms. The quantitative estimate of drug-likeness (QED) is 0.615. The van der Waals surface area contributed by atoms with Crippen LogP contribution in [0.5, 0.6) is 0 Å². The lowest BCUT2D eigenvalue weighted by molar-refractivity contribution is 0.0684. The molecule has 8 nitrogen and oxygen atoms in total. The van der Waals surface area contributed by atoms with E-state index in [1.807, 2.05) is 36.1 Å². The fraction of sp³-hybridized carbons (Fsp3) is 0.391. The minimum Gasteiger partial charge on any atom is -0.375 e. The maximum Gasteiger partial charge on any atom is 0.274 e. The number of piperidine rings is 1. The highest BCUT2D eigenvalue weighted by atomic mass is 32.1. The second-order valence-corrected chi connectivity index (χ2v) is 9.70. The Kier molecular flexibility index (Phi) is 5.00. The summed E-state index contributed by atoms with van der Waals surface area (Å²) >= 11 is 1.33. The number of amides is 2. The van der Waals surface area contributed by atoms with Gasteiger partial charge in [0.15, 0.2) is 5.13 Å². The third-order valence-corrected chi connectivity index (χ3v) is 7.26. The van der Waals surface area contributed by atoms with Crippen molar-refractivity contribution in [2.75, 3.05) is 12.3 Å². The molecular weight excluding hydrogens is 426 g/mol. The van der Waals surface area contributed by atoms with Gasteiger partial charge in [0, 0.05) is 12.6 Å². The number of nitrogens with one attached hydrogen (secondary N) is 1. The van der Waals surface area contributed by atoms with E-state index in [-0.39, 0.29) is 23.9 Å². The summed E-state index contributed by atoms with van der Waals surface area (Å²) in [4.78, 5) is 33.4. The van der Waals surface area contributed by atoms with E-state index in [4.69, 9.17) is 10.3 Å². The second kappa shape index (κ2) is 7.74. The zero-order chi connectivity index (χ0) is 22.6. The van der Waals surface area contributed by atoms with E-state index in [1.54, 1.807) is 13.8 Å². The average molecular weight is 452 g/mol. The van der Waals surface area contributed by atoms with Gasteiger partial charge in [-0.2, -0.15) is 0 Å². The number of hydrogen-bond donors (Lipinski definition) is 2. The number of nitrogen functional groups attached to an aromatic ring is 1. The van der Waals surface area contributed by atoms with Gasteiger partial charge in [0.25, 0.3) is 11.8 Å². The molecule has 1 saturated carbocycles. The molecule has 3 heterocycles. The normalized spacial score (nSPS) is 21.5. The summed E-state index contributed by atoms with van der Waals surface area (Å²) < 4.78 is 5.10. The second-order valence-electron chi connectivity index (χ2n) is 8.67. The van der Waals surface area contributed by atoms with E-state index in [1.165, 1.54) is 11.3 Å². The molecular formula is C23H25N5O3S. The van der Waals surface area contributed by atoms with Crippen molar-refractivity contribution in [2.45, 2.75) is 45.7 Å². The van der Waals surface area contributed by atoms with E-state index in [0.717, 1.165) is 28.8 Å². The lowest BCUT2D eigenvalue weighted by Crippen LogP contribution is -2.45. The van der Waals surface area contributed by atoms with Crippen molar-refractivity contribution in [1.29, 1.82) is 0 Å². The van der Waals surface area contributed by atoms with Crippen LogP contribution in [0.15, 0.2) is 28.8 Å². The minimum absolute atomic E-state index is 0.0797. The van der Waals surface area contributed by atoms with Crippen LogP contribution in [0.25, 0.3) is 10.4 Å². The van der Waals surface area contributed by atoms with Crippen LogP contribution in [0, 0.1) is 26.7 Å². The lowest BCUT2D eigenvalue weighted by atomic mass is 10.1. The lowest BCUT2D eigenvalue weighted by Gasteiger charge is -2.27. The van der Waals surface area contributed by atoms with Gasteiger partial charge in [-0.05, 0) is 45.1 Å². The molecule has 2 fully saturated rings. The molecule has 1 aromatic carbocycles.